The van der Waals surface area contributed by atoms with E-state index in [0.29, 0.717) is 26.4 Å². The van der Waals surface area contributed by atoms with Crippen molar-refractivity contribution in [2.75, 3.05) is 33.5 Å². The van der Waals surface area contributed by atoms with Gasteiger partial charge in [-0.05, 0) is 12.3 Å². The number of hydrogen-bond donors (Lipinski definition) is 1. The fourth-order valence-corrected chi connectivity index (χ4v) is 2.38. The zero-order valence-electron chi connectivity index (χ0n) is 13.1. The van der Waals surface area contributed by atoms with E-state index in [0.717, 1.165) is 0 Å². The van der Waals surface area contributed by atoms with E-state index in [2.05, 4.69) is 5.32 Å². The van der Waals surface area contributed by atoms with Gasteiger partial charge in [-0.25, -0.2) is 0 Å². The predicted molar refractivity (Wildman–Crippen MR) is 75.3 cm³/mol. The molecule has 1 fully saturated rings. The summed E-state index contributed by atoms with van der Waals surface area (Å²) in [5.41, 5.74) is -0.313. The minimum atomic E-state index is -0.472. The monoisotopic (exact) mass is 286 g/mol. The lowest BCUT2D eigenvalue weighted by molar-refractivity contribution is -0.154. The van der Waals surface area contributed by atoms with Crippen molar-refractivity contribution in [2.45, 2.75) is 39.8 Å². The largest absolute Gasteiger partial charge is 0.382 e. The Morgan fingerprint density at radius 1 is 1.20 bits per heavy atom. The van der Waals surface area contributed by atoms with Gasteiger partial charge in [0, 0.05) is 13.7 Å². The van der Waals surface area contributed by atoms with E-state index in [1.807, 2.05) is 20.8 Å². The fourth-order valence-electron chi connectivity index (χ4n) is 2.38. The number of nitrogens with one attached hydrogen (secondary N) is 1. The van der Waals surface area contributed by atoms with Crippen LogP contribution in [0, 0.1) is 5.41 Å². The molecule has 0 saturated carbocycles. The van der Waals surface area contributed by atoms with E-state index in [1.165, 1.54) is 0 Å². The summed E-state index contributed by atoms with van der Waals surface area (Å²) in [6.45, 7) is 9.41. The highest BCUT2D eigenvalue weighted by Gasteiger charge is 2.44. The number of rotatable bonds is 6. The molecule has 0 bridgehead atoms. The molecule has 1 saturated heterocycles. The van der Waals surface area contributed by atoms with Crippen LogP contribution < -0.4 is 5.32 Å². The Balaban J connectivity index is 2.69. The maximum Gasteiger partial charge on any atom is 0.245 e. The van der Waals surface area contributed by atoms with Gasteiger partial charge >= 0.3 is 0 Å². The van der Waals surface area contributed by atoms with E-state index in [1.54, 1.807) is 18.9 Å². The van der Waals surface area contributed by atoms with Crippen LogP contribution in [0.1, 0.15) is 27.7 Å². The highest BCUT2D eigenvalue weighted by atomic mass is 16.5. The molecule has 6 heteroatoms. The molecule has 0 aliphatic carbocycles. The molecule has 1 aliphatic rings. The van der Waals surface area contributed by atoms with Gasteiger partial charge in [-0.15, -0.1) is 0 Å². The number of carbonyl (C=O) groups is 2. The van der Waals surface area contributed by atoms with Crippen molar-refractivity contribution >= 4 is 11.8 Å². The van der Waals surface area contributed by atoms with E-state index in [9.17, 15) is 9.59 Å². The Morgan fingerprint density at radius 2 is 1.85 bits per heavy atom. The first-order chi connectivity index (χ1) is 9.29. The van der Waals surface area contributed by atoms with Crippen molar-refractivity contribution in [1.82, 2.24) is 10.2 Å². The van der Waals surface area contributed by atoms with Gasteiger partial charge in [0.05, 0.1) is 19.8 Å². The van der Waals surface area contributed by atoms with Crippen LogP contribution in [-0.2, 0) is 19.1 Å². The lowest BCUT2D eigenvalue weighted by atomic mass is 9.83. The van der Waals surface area contributed by atoms with Gasteiger partial charge in [0.2, 0.25) is 11.8 Å². The molecule has 2 unspecified atom stereocenters. The van der Waals surface area contributed by atoms with Gasteiger partial charge in [0.25, 0.3) is 0 Å². The lowest BCUT2D eigenvalue weighted by Gasteiger charge is -2.44. The number of carbonyl (C=O) groups excluding carboxylic acids is 2. The Bertz CT molecular complexity index is 352. The minimum Gasteiger partial charge on any atom is -0.382 e. The standard InChI is InChI=1S/C14H26N2O4/c1-10-13(18)16(6-7-20-9-8-19-5)11(12(17)15-10)14(2,3)4/h10-11H,6-9H2,1-5H3,(H,15,17). The molecule has 0 radical (unpaired) electrons. The number of piperazine rings is 1. The van der Waals surface area contributed by atoms with Gasteiger partial charge in [-0.2, -0.15) is 0 Å². The molecular weight excluding hydrogens is 260 g/mol. The van der Waals surface area contributed by atoms with Crippen LogP contribution in [0.5, 0.6) is 0 Å². The summed E-state index contributed by atoms with van der Waals surface area (Å²) in [7, 11) is 1.61. The summed E-state index contributed by atoms with van der Waals surface area (Å²) in [6, 6.07) is -0.933. The van der Waals surface area contributed by atoms with Crippen molar-refractivity contribution in [1.29, 1.82) is 0 Å². The number of methoxy groups -OCH3 is 1. The SMILES string of the molecule is COCCOCCN1C(=O)C(C)NC(=O)C1C(C)(C)C. The average molecular weight is 286 g/mol. The first-order valence-corrected chi connectivity index (χ1v) is 6.96. The van der Waals surface area contributed by atoms with Gasteiger partial charge in [0.1, 0.15) is 12.1 Å². The summed E-state index contributed by atoms with van der Waals surface area (Å²) in [4.78, 5) is 26.1. The molecule has 0 aromatic heterocycles. The number of hydrogen-bond acceptors (Lipinski definition) is 4. The highest BCUT2D eigenvalue weighted by molar-refractivity contribution is 5.97. The molecule has 1 rings (SSSR count). The second-order valence-corrected chi connectivity index (χ2v) is 6.14. The molecule has 0 spiro atoms. The van der Waals surface area contributed by atoms with E-state index in [4.69, 9.17) is 9.47 Å². The van der Waals surface area contributed by atoms with Crippen molar-refractivity contribution in [3.63, 3.8) is 0 Å². The normalized spacial score (nSPS) is 23.9. The minimum absolute atomic E-state index is 0.0557. The molecule has 6 nitrogen and oxygen atoms in total. The van der Waals surface area contributed by atoms with E-state index in [-0.39, 0.29) is 17.2 Å². The van der Waals surface area contributed by atoms with Crippen molar-refractivity contribution in [3.05, 3.63) is 0 Å². The quantitative estimate of drug-likeness (QED) is 0.718. The Hall–Kier alpha value is -1.14. The Labute approximate surface area is 120 Å². The van der Waals surface area contributed by atoms with Crippen LogP contribution >= 0.6 is 0 Å². The van der Waals surface area contributed by atoms with Gasteiger partial charge < -0.3 is 19.7 Å². The third-order valence-electron chi connectivity index (χ3n) is 3.30. The van der Waals surface area contributed by atoms with Gasteiger partial charge in [-0.1, -0.05) is 20.8 Å². The summed E-state index contributed by atoms with van der Waals surface area (Å²) < 4.78 is 10.3. The highest BCUT2D eigenvalue weighted by Crippen LogP contribution is 2.27. The van der Waals surface area contributed by atoms with Crippen LogP contribution in [0.25, 0.3) is 0 Å². The van der Waals surface area contributed by atoms with Crippen LogP contribution in [-0.4, -0.2) is 62.3 Å². The first kappa shape index (κ1) is 16.9. The molecule has 20 heavy (non-hydrogen) atoms. The predicted octanol–water partition coefficient (Wildman–Crippen LogP) is 0.411. The molecule has 116 valence electrons. The maximum absolute atomic E-state index is 12.3. The molecule has 0 aromatic carbocycles. The van der Waals surface area contributed by atoms with Crippen LogP contribution in [0.15, 0.2) is 0 Å². The zero-order valence-corrected chi connectivity index (χ0v) is 13.1. The fraction of sp³-hybridized carbons (Fsp3) is 0.857. The molecule has 1 N–H and O–H groups in total. The lowest BCUT2D eigenvalue weighted by Crippen LogP contribution is -2.66. The Kier molecular flexibility index (Phi) is 5.95. The molecule has 1 heterocycles. The van der Waals surface area contributed by atoms with E-state index >= 15 is 0 Å². The smallest absolute Gasteiger partial charge is 0.245 e. The molecule has 2 amide bonds. The van der Waals surface area contributed by atoms with Crippen molar-refractivity contribution < 1.29 is 19.1 Å². The van der Waals surface area contributed by atoms with Crippen LogP contribution in [0.3, 0.4) is 0 Å². The second-order valence-electron chi connectivity index (χ2n) is 6.14. The Morgan fingerprint density at radius 3 is 2.40 bits per heavy atom. The average Bonchev–Trinajstić information content (AvgIpc) is 2.33. The van der Waals surface area contributed by atoms with Crippen molar-refractivity contribution in [2.24, 2.45) is 5.41 Å². The maximum atomic E-state index is 12.3. The molecular formula is C14H26N2O4. The summed E-state index contributed by atoms with van der Waals surface area (Å²) in [5.74, 6) is -0.152. The van der Waals surface area contributed by atoms with Gasteiger partial charge in [-0.3, -0.25) is 9.59 Å². The van der Waals surface area contributed by atoms with E-state index < -0.39 is 12.1 Å². The summed E-state index contributed by atoms with van der Waals surface area (Å²) in [6.07, 6.45) is 0. The number of amides is 2. The first-order valence-electron chi connectivity index (χ1n) is 6.96. The van der Waals surface area contributed by atoms with Crippen LogP contribution in [0.4, 0.5) is 0 Å². The van der Waals surface area contributed by atoms with Crippen molar-refractivity contribution in [3.8, 4) is 0 Å². The number of ether oxygens (including phenoxy) is 2. The summed E-state index contributed by atoms with van der Waals surface area (Å²) >= 11 is 0. The zero-order chi connectivity index (χ0) is 15.3. The third-order valence-corrected chi connectivity index (χ3v) is 3.30. The van der Waals surface area contributed by atoms with Gasteiger partial charge in [0.15, 0.2) is 0 Å². The second kappa shape index (κ2) is 7.04. The number of nitrogens with zero attached hydrogens (tertiary/aromatic N) is 1. The topological polar surface area (TPSA) is 67.9 Å². The molecule has 0 aromatic rings. The van der Waals surface area contributed by atoms with Crippen LogP contribution in [0.2, 0.25) is 0 Å². The molecule has 2 atom stereocenters. The summed E-state index contributed by atoms with van der Waals surface area (Å²) in [5, 5.41) is 2.74. The third kappa shape index (κ3) is 4.18. The molecule has 1 aliphatic heterocycles.